The molecular weight excluding hydrogens is 240 g/mol. The smallest absolute Gasteiger partial charge is 0.341 e. The first-order chi connectivity index (χ1) is 9.19. The Kier molecular flexibility index (Phi) is 4.05. The number of rotatable bonds is 4. The van der Waals surface area contributed by atoms with Crippen LogP contribution >= 0.6 is 0 Å². The topological polar surface area (TPSA) is 35.5 Å². The van der Waals surface area contributed by atoms with Gasteiger partial charge < -0.3 is 9.47 Å². The summed E-state index contributed by atoms with van der Waals surface area (Å²) in [7, 11) is 1.39. The Morgan fingerprint density at radius 2 is 2.00 bits per heavy atom. The summed E-state index contributed by atoms with van der Waals surface area (Å²) < 4.78 is 10.6. The van der Waals surface area contributed by atoms with Crippen LogP contribution in [-0.4, -0.2) is 19.7 Å². The fourth-order valence-corrected chi connectivity index (χ4v) is 2.16. The van der Waals surface area contributed by atoms with E-state index >= 15 is 0 Å². The molecule has 0 amide bonds. The van der Waals surface area contributed by atoms with E-state index in [1.165, 1.54) is 7.11 Å². The second kappa shape index (κ2) is 5.74. The van der Waals surface area contributed by atoms with Crippen LogP contribution in [0, 0.1) is 6.92 Å². The van der Waals surface area contributed by atoms with E-state index in [0.29, 0.717) is 17.9 Å². The van der Waals surface area contributed by atoms with Crippen molar-refractivity contribution in [1.29, 1.82) is 0 Å². The molecule has 2 aromatic carbocycles. The molecule has 100 valence electrons. The maximum absolute atomic E-state index is 11.9. The average molecular weight is 258 g/mol. The van der Waals surface area contributed by atoms with Crippen LogP contribution in [0.15, 0.2) is 30.3 Å². The van der Waals surface area contributed by atoms with E-state index in [-0.39, 0.29) is 5.97 Å². The van der Waals surface area contributed by atoms with Gasteiger partial charge in [-0.2, -0.15) is 0 Å². The quantitative estimate of drug-likeness (QED) is 0.784. The van der Waals surface area contributed by atoms with Crippen molar-refractivity contribution >= 4 is 16.7 Å². The first-order valence-electron chi connectivity index (χ1n) is 6.42. The molecule has 0 fully saturated rings. The van der Waals surface area contributed by atoms with Crippen LogP contribution in [0.4, 0.5) is 0 Å². The van der Waals surface area contributed by atoms with Gasteiger partial charge in [0.25, 0.3) is 0 Å². The van der Waals surface area contributed by atoms with E-state index in [2.05, 4.69) is 0 Å². The highest BCUT2D eigenvalue weighted by atomic mass is 16.5. The van der Waals surface area contributed by atoms with Crippen molar-refractivity contribution in [2.45, 2.75) is 20.3 Å². The van der Waals surface area contributed by atoms with Gasteiger partial charge in [0, 0.05) is 0 Å². The second-order valence-electron chi connectivity index (χ2n) is 4.44. The van der Waals surface area contributed by atoms with Crippen LogP contribution in [0.3, 0.4) is 0 Å². The molecular formula is C16H18O3. The van der Waals surface area contributed by atoms with Gasteiger partial charge in [-0.25, -0.2) is 4.79 Å². The standard InChI is InChI=1S/C16H18O3/c1-4-9-19-15-11(2)13-8-6-5-7-12(13)10-14(15)16(17)18-3/h5-8,10H,4,9H2,1-3H3. The predicted molar refractivity (Wildman–Crippen MR) is 75.8 cm³/mol. The van der Waals surface area contributed by atoms with Crippen LogP contribution in [0.2, 0.25) is 0 Å². The lowest BCUT2D eigenvalue weighted by atomic mass is 10.00. The highest BCUT2D eigenvalue weighted by Crippen LogP contribution is 2.32. The molecule has 19 heavy (non-hydrogen) atoms. The molecule has 2 aromatic rings. The highest BCUT2D eigenvalue weighted by molar-refractivity contribution is 6.00. The van der Waals surface area contributed by atoms with E-state index < -0.39 is 0 Å². The molecule has 0 saturated carbocycles. The Hall–Kier alpha value is -2.03. The van der Waals surface area contributed by atoms with Crippen LogP contribution in [-0.2, 0) is 4.74 Å². The summed E-state index contributed by atoms with van der Waals surface area (Å²) in [5.41, 5.74) is 1.47. The molecule has 0 bridgehead atoms. The van der Waals surface area contributed by atoms with Gasteiger partial charge in [0.15, 0.2) is 0 Å². The first kappa shape index (κ1) is 13.4. The third-order valence-electron chi connectivity index (χ3n) is 3.11. The van der Waals surface area contributed by atoms with Gasteiger partial charge in [0.2, 0.25) is 0 Å². The van der Waals surface area contributed by atoms with Gasteiger partial charge in [-0.05, 0) is 35.7 Å². The zero-order valence-corrected chi connectivity index (χ0v) is 11.5. The Balaban J connectivity index is 2.65. The SMILES string of the molecule is CCCOc1c(C(=O)OC)cc2ccccc2c1C. The Morgan fingerprint density at radius 3 is 2.68 bits per heavy atom. The van der Waals surface area contributed by atoms with E-state index in [9.17, 15) is 4.79 Å². The molecule has 0 spiro atoms. The largest absolute Gasteiger partial charge is 0.492 e. The molecule has 0 saturated heterocycles. The number of carbonyl (C=O) groups is 1. The van der Waals surface area contributed by atoms with Gasteiger partial charge in [-0.3, -0.25) is 0 Å². The van der Waals surface area contributed by atoms with Crippen molar-refractivity contribution in [2.75, 3.05) is 13.7 Å². The number of aryl methyl sites for hydroxylation is 1. The van der Waals surface area contributed by atoms with E-state index in [1.54, 1.807) is 0 Å². The van der Waals surface area contributed by atoms with E-state index in [4.69, 9.17) is 9.47 Å². The monoisotopic (exact) mass is 258 g/mol. The van der Waals surface area contributed by atoms with Crippen LogP contribution in [0.1, 0.15) is 29.3 Å². The van der Waals surface area contributed by atoms with Crippen molar-refractivity contribution < 1.29 is 14.3 Å². The van der Waals surface area contributed by atoms with Crippen molar-refractivity contribution in [3.05, 3.63) is 41.5 Å². The van der Waals surface area contributed by atoms with Gasteiger partial charge in [-0.15, -0.1) is 0 Å². The Morgan fingerprint density at radius 1 is 1.26 bits per heavy atom. The first-order valence-corrected chi connectivity index (χ1v) is 6.42. The zero-order chi connectivity index (χ0) is 13.8. The van der Waals surface area contributed by atoms with Crippen LogP contribution in [0.25, 0.3) is 10.8 Å². The van der Waals surface area contributed by atoms with Crippen molar-refractivity contribution in [2.24, 2.45) is 0 Å². The summed E-state index contributed by atoms with van der Waals surface area (Å²) in [4.78, 5) is 11.9. The third-order valence-corrected chi connectivity index (χ3v) is 3.11. The molecule has 0 aromatic heterocycles. The molecule has 0 unspecified atom stereocenters. The molecule has 3 heteroatoms. The number of esters is 1. The lowest BCUT2D eigenvalue weighted by molar-refractivity contribution is 0.0596. The van der Waals surface area contributed by atoms with E-state index in [0.717, 1.165) is 22.8 Å². The third kappa shape index (κ3) is 2.55. The van der Waals surface area contributed by atoms with Gasteiger partial charge >= 0.3 is 5.97 Å². The summed E-state index contributed by atoms with van der Waals surface area (Å²) in [6, 6.07) is 9.79. The average Bonchev–Trinajstić information content (AvgIpc) is 2.45. The van der Waals surface area contributed by atoms with Crippen LogP contribution < -0.4 is 4.74 Å². The molecule has 0 radical (unpaired) electrons. The molecule has 0 aliphatic rings. The molecule has 2 rings (SSSR count). The normalized spacial score (nSPS) is 10.5. The zero-order valence-electron chi connectivity index (χ0n) is 11.5. The molecule has 3 nitrogen and oxygen atoms in total. The van der Waals surface area contributed by atoms with Crippen molar-refractivity contribution in [1.82, 2.24) is 0 Å². The summed E-state index contributed by atoms with van der Waals surface area (Å²) in [5, 5.41) is 2.12. The number of benzene rings is 2. The minimum Gasteiger partial charge on any atom is -0.492 e. The maximum atomic E-state index is 11.9. The predicted octanol–water partition coefficient (Wildman–Crippen LogP) is 3.72. The lowest BCUT2D eigenvalue weighted by Crippen LogP contribution is -2.08. The molecule has 0 heterocycles. The molecule has 0 aliphatic heterocycles. The van der Waals surface area contributed by atoms with Crippen molar-refractivity contribution in [3.8, 4) is 5.75 Å². The highest BCUT2D eigenvalue weighted by Gasteiger charge is 2.17. The molecule has 0 aliphatic carbocycles. The minimum atomic E-state index is -0.361. The molecule has 0 N–H and O–H groups in total. The Bertz CT molecular complexity index is 602. The second-order valence-corrected chi connectivity index (χ2v) is 4.44. The number of fused-ring (bicyclic) bond motifs is 1. The number of ether oxygens (including phenoxy) is 2. The minimum absolute atomic E-state index is 0.361. The lowest BCUT2D eigenvalue weighted by Gasteiger charge is -2.15. The van der Waals surface area contributed by atoms with Gasteiger partial charge in [0.05, 0.1) is 13.7 Å². The van der Waals surface area contributed by atoms with Crippen molar-refractivity contribution in [3.63, 3.8) is 0 Å². The summed E-state index contributed by atoms with van der Waals surface area (Å²) >= 11 is 0. The number of methoxy groups -OCH3 is 1. The fraction of sp³-hybridized carbons (Fsp3) is 0.312. The van der Waals surface area contributed by atoms with Crippen LogP contribution in [0.5, 0.6) is 5.75 Å². The van der Waals surface area contributed by atoms with Gasteiger partial charge in [0.1, 0.15) is 11.3 Å². The summed E-state index contributed by atoms with van der Waals surface area (Å²) in [5.74, 6) is 0.271. The fourth-order valence-electron chi connectivity index (χ4n) is 2.16. The maximum Gasteiger partial charge on any atom is 0.341 e. The summed E-state index contributed by atoms with van der Waals surface area (Å²) in [6.45, 7) is 4.59. The Labute approximate surface area is 113 Å². The van der Waals surface area contributed by atoms with E-state index in [1.807, 2.05) is 44.2 Å². The molecule has 0 atom stereocenters. The summed E-state index contributed by atoms with van der Waals surface area (Å²) in [6.07, 6.45) is 0.896. The van der Waals surface area contributed by atoms with Gasteiger partial charge in [-0.1, -0.05) is 31.2 Å². The number of hydrogen-bond acceptors (Lipinski definition) is 3. The number of hydrogen-bond donors (Lipinski definition) is 0. The number of carbonyl (C=O) groups excluding carboxylic acids is 1.